The van der Waals surface area contributed by atoms with Crippen LogP contribution in [-0.4, -0.2) is 20.2 Å². The van der Waals surface area contributed by atoms with Gasteiger partial charge in [0.25, 0.3) is 0 Å². The highest BCUT2D eigenvalue weighted by atomic mass is 16.5. The second kappa shape index (κ2) is 5.08. The molecular weight excluding hydrogens is 206 g/mol. The van der Waals surface area contributed by atoms with Crippen LogP contribution in [0.25, 0.3) is 0 Å². The predicted molar refractivity (Wildman–Crippen MR) is 61.3 cm³/mol. The Morgan fingerprint density at radius 2 is 2.06 bits per heavy atom. The molecule has 0 bridgehead atoms. The van der Waals surface area contributed by atoms with Crippen LogP contribution in [0.1, 0.15) is 22.8 Å². The minimum Gasteiger partial charge on any atom is -0.495 e. The van der Waals surface area contributed by atoms with Gasteiger partial charge in [0.2, 0.25) is 0 Å². The van der Waals surface area contributed by atoms with Crippen LogP contribution < -0.4 is 10.5 Å². The van der Waals surface area contributed by atoms with Crippen LogP contribution in [0.3, 0.4) is 0 Å². The third-order valence-electron chi connectivity index (χ3n) is 2.04. The van der Waals surface area contributed by atoms with Gasteiger partial charge in [0.15, 0.2) is 0 Å². The Bertz CT molecular complexity index is 469. The highest BCUT2D eigenvalue weighted by molar-refractivity contribution is 5.97. The van der Waals surface area contributed by atoms with Crippen LogP contribution >= 0.6 is 0 Å². The maximum Gasteiger partial charge on any atom is 0.340 e. The lowest BCUT2D eigenvalue weighted by molar-refractivity contribution is 0.0601. The molecule has 0 fully saturated rings. The number of ether oxygens (including phenoxy) is 2. The summed E-state index contributed by atoms with van der Waals surface area (Å²) in [6, 6.07) is 3.26. The molecule has 4 heteroatoms. The number of hydrogen-bond donors (Lipinski definition) is 1. The van der Waals surface area contributed by atoms with E-state index in [-0.39, 0.29) is 11.3 Å². The summed E-state index contributed by atoms with van der Waals surface area (Å²) in [5, 5.41) is 0. The standard InChI is InChI=1S/C12H13NO3/c1-4-5-8-6-9(12(14)16-3)11(13)10(7-8)15-2/h6-7H,13H2,1-3H3. The second-order valence-electron chi connectivity index (χ2n) is 3.01. The van der Waals surface area contributed by atoms with E-state index in [2.05, 4.69) is 16.6 Å². The molecule has 0 unspecified atom stereocenters. The second-order valence-corrected chi connectivity index (χ2v) is 3.01. The fraction of sp³-hybridized carbons (Fsp3) is 0.250. The molecule has 16 heavy (non-hydrogen) atoms. The summed E-state index contributed by atoms with van der Waals surface area (Å²) >= 11 is 0. The minimum absolute atomic E-state index is 0.260. The van der Waals surface area contributed by atoms with Gasteiger partial charge in [-0.3, -0.25) is 0 Å². The first-order valence-electron chi connectivity index (χ1n) is 4.62. The maximum absolute atomic E-state index is 11.5. The lowest BCUT2D eigenvalue weighted by Crippen LogP contribution is -2.07. The molecule has 0 atom stereocenters. The number of esters is 1. The molecule has 0 radical (unpaired) electrons. The third kappa shape index (κ3) is 2.26. The Labute approximate surface area is 94.3 Å². The van der Waals surface area contributed by atoms with Crippen molar-refractivity contribution in [3.05, 3.63) is 23.3 Å². The molecule has 0 aromatic heterocycles. The van der Waals surface area contributed by atoms with Crippen molar-refractivity contribution in [1.82, 2.24) is 0 Å². The molecule has 2 N–H and O–H groups in total. The summed E-state index contributed by atoms with van der Waals surface area (Å²) < 4.78 is 9.69. The quantitative estimate of drug-likeness (QED) is 0.464. The van der Waals surface area contributed by atoms with Crippen molar-refractivity contribution >= 4 is 11.7 Å². The van der Waals surface area contributed by atoms with Crippen molar-refractivity contribution < 1.29 is 14.3 Å². The van der Waals surface area contributed by atoms with Crippen molar-refractivity contribution in [2.24, 2.45) is 0 Å². The Morgan fingerprint density at radius 3 is 2.56 bits per heavy atom. The Morgan fingerprint density at radius 1 is 1.38 bits per heavy atom. The highest BCUT2D eigenvalue weighted by Gasteiger charge is 2.15. The number of nitrogen functional groups attached to an aromatic ring is 1. The molecule has 0 aliphatic rings. The molecule has 0 spiro atoms. The first-order valence-corrected chi connectivity index (χ1v) is 4.62. The maximum atomic E-state index is 11.5. The minimum atomic E-state index is -0.504. The van der Waals surface area contributed by atoms with Crippen LogP contribution in [0.5, 0.6) is 5.75 Å². The summed E-state index contributed by atoms with van der Waals surface area (Å²) in [5.41, 5.74) is 6.95. The zero-order valence-corrected chi connectivity index (χ0v) is 9.46. The van der Waals surface area contributed by atoms with Gasteiger partial charge in [0.05, 0.1) is 25.5 Å². The Kier molecular flexibility index (Phi) is 3.78. The number of methoxy groups -OCH3 is 2. The largest absolute Gasteiger partial charge is 0.495 e. The number of nitrogens with two attached hydrogens (primary N) is 1. The molecule has 0 heterocycles. The summed E-state index contributed by atoms with van der Waals surface area (Å²) in [5.74, 6) is 5.49. The van der Waals surface area contributed by atoms with Gasteiger partial charge in [-0.25, -0.2) is 4.79 Å². The Hall–Kier alpha value is -2.15. The van der Waals surface area contributed by atoms with Gasteiger partial charge in [0, 0.05) is 5.56 Å². The predicted octanol–water partition coefficient (Wildman–Crippen LogP) is 1.44. The fourth-order valence-electron chi connectivity index (χ4n) is 1.29. The monoisotopic (exact) mass is 219 g/mol. The molecule has 0 saturated carbocycles. The van der Waals surface area contributed by atoms with Crippen LogP contribution in [-0.2, 0) is 4.74 Å². The zero-order chi connectivity index (χ0) is 12.1. The normalized spacial score (nSPS) is 8.94. The average Bonchev–Trinajstić information content (AvgIpc) is 2.30. The first-order chi connectivity index (χ1) is 7.63. The van der Waals surface area contributed by atoms with Gasteiger partial charge >= 0.3 is 5.97 Å². The molecule has 4 nitrogen and oxygen atoms in total. The molecule has 0 saturated heterocycles. The van der Waals surface area contributed by atoms with Crippen molar-refractivity contribution in [3.8, 4) is 17.6 Å². The number of carbonyl (C=O) groups is 1. The summed E-state index contributed by atoms with van der Waals surface area (Å²) in [4.78, 5) is 11.5. The van der Waals surface area contributed by atoms with E-state index in [4.69, 9.17) is 10.5 Å². The van der Waals surface area contributed by atoms with Crippen LogP contribution in [0.4, 0.5) is 5.69 Å². The van der Waals surface area contributed by atoms with Crippen LogP contribution in [0.15, 0.2) is 12.1 Å². The first kappa shape index (κ1) is 11.9. The van der Waals surface area contributed by atoms with Crippen LogP contribution in [0, 0.1) is 11.8 Å². The molecule has 84 valence electrons. The molecule has 0 aliphatic heterocycles. The Balaban J connectivity index is 3.39. The van der Waals surface area contributed by atoms with E-state index in [0.29, 0.717) is 11.3 Å². The zero-order valence-electron chi connectivity index (χ0n) is 9.46. The van der Waals surface area contributed by atoms with E-state index in [1.54, 1.807) is 19.1 Å². The molecule has 1 aromatic carbocycles. The summed E-state index contributed by atoms with van der Waals surface area (Å²) in [7, 11) is 2.78. The van der Waals surface area contributed by atoms with Crippen molar-refractivity contribution in [3.63, 3.8) is 0 Å². The van der Waals surface area contributed by atoms with E-state index < -0.39 is 5.97 Å². The van der Waals surface area contributed by atoms with E-state index in [1.807, 2.05) is 0 Å². The van der Waals surface area contributed by atoms with Crippen molar-refractivity contribution in [1.29, 1.82) is 0 Å². The molecule has 1 rings (SSSR count). The molecular formula is C12H13NO3. The number of carbonyl (C=O) groups excluding carboxylic acids is 1. The van der Waals surface area contributed by atoms with E-state index in [1.165, 1.54) is 14.2 Å². The summed E-state index contributed by atoms with van der Waals surface area (Å²) in [6.45, 7) is 1.71. The highest BCUT2D eigenvalue weighted by Crippen LogP contribution is 2.27. The van der Waals surface area contributed by atoms with Gasteiger partial charge < -0.3 is 15.2 Å². The van der Waals surface area contributed by atoms with Gasteiger partial charge in [-0.1, -0.05) is 5.92 Å². The summed E-state index contributed by atoms with van der Waals surface area (Å²) in [6.07, 6.45) is 0. The van der Waals surface area contributed by atoms with Gasteiger partial charge in [-0.15, -0.1) is 5.92 Å². The van der Waals surface area contributed by atoms with E-state index in [9.17, 15) is 4.79 Å². The van der Waals surface area contributed by atoms with E-state index in [0.717, 1.165) is 0 Å². The fourth-order valence-corrected chi connectivity index (χ4v) is 1.29. The molecule has 0 aliphatic carbocycles. The number of rotatable bonds is 2. The van der Waals surface area contributed by atoms with Gasteiger partial charge in [-0.2, -0.15) is 0 Å². The van der Waals surface area contributed by atoms with Crippen molar-refractivity contribution in [2.45, 2.75) is 6.92 Å². The van der Waals surface area contributed by atoms with Gasteiger partial charge in [0.1, 0.15) is 5.75 Å². The lowest BCUT2D eigenvalue weighted by Gasteiger charge is -2.09. The number of anilines is 1. The smallest absolute Gasteiger partial charge is 0.340 e. The number of benzene rings is 1. The SMILES string of the molecule is CC#Cc1cc(OC)c(N)c(C(=O)OC)c1. The third-order valence-corrected chi connectivity index (χ3v) is 2.04. The molecule has 0 amide bonds. The van der Waals surface area contributed by atoms with Gasteiger partial charge in [-0.05, 0) is 19.1 Å². The molecule has 1 aromatic rings. The topological polar surface area (TPSA) is 61.5 Å². The lowest BCUT2D eigenvalue weighted by atomic mass is 10.1. The van der Waals surface area contributed by atoms with E-state index >= 15 is 0 Å². The van der Waals surface area contributed by atoms with Crippen molar-refractivity contribution in [2.75, 3.05) is 20.0 Å². The van der Waals surface area contributed by atoms with Crippen LogP contribution in [0.2, 0.25) is 0 Å². The average molecular weight is 219 g/mol. The number of hydrogen-bond acceptors (Lipinski definition) is 4.